The van der Waals surface area contributed by atoms with Crippen LogP contribution in [0.3, 0.4) is 0 Å². The van der Waals surface area contributed by atoms with Gasteiger partial charge in [0.25, 0.3) is 0 Å². The molecule has 0 aliphatic heterocycles. The molecule has 3 heteroatoms. The molecule has 1 aromatic heterocycles. The lowest BCUT2D eigenvalue weighted by atomic mass is 10.2. The standard InChI is InChI=1S/C10H14N2S/c1-11-7-3-5-9-10(13-2)6-4-8-12-9/h4,6,8H,1,3,5,7H2,2H3. The van der Waals surface area contributed by atoms with Crippen LogP contribution in [-0.4, -0.2) is 24.5 Å². The molecule has 0 radical (unpaired) electrons. The average molecular weight is 194 g/mol. The predicted molar refractivity (Wildman–Crippen MR) is 58.8 cm³/mol. The Bertz CT molecular complexity index is 273. The molecule has 0 fully saturated rings. The first-order valence-electron chi connectivity index (χ1n) is 4.29. The van der Waals surface area contributed by atoms with Crippen molar-refractivity contribution in [1.29, 1.82) is 0 Å². The number of rotatable bonds is 5. The van der Waals surface area contributed by atoms with Gasteiger partial charge in [-0.3, -0.25) is 4.98 Å². The average Bonchev–Trinajstić information content (AvgIpc) is 2.19. The van der Waals surface area contributed by atoms with Crippen molar-refractivity contribution in [3.8, 4) is 0 Å². The summed E-state index contributed by atoms with van der Waals surface area (Å²) in [5.74, 6) is 0. The summed E-state index contributed by atoms with van der Waals surface area (Å²) in [5, 5.41) is 0. The Morgan fingerprint density at radius 2 is 2.46 bits per heavy atom. The van der Waals surface area contributed by atoms with Crippen LogP contribution >= 0.6 is 11.8 Å². The maximum atomic E-state index is 4.34. The van der Waals surface area contributed by atoms with Gasteiger partial charge in [0.2, 0.25) is 0 Å². The van der Waals surface area contributed by atoms with Crippen LogP contribution in [0.5, 0.6) is 0 Å². The minimum atomic E-state index is 0.824. The molecule has 0 atom stereocenters. The predicted octanol–water partition coefficient (Wildman–Crippen LogP) is 2.44. The van der Waals surface area contributed by atoms with Crippen molar-refractivity contribution >= 4 is 18.5 Å². The van der Waals surface area contributed by atoms with Crippen molar-refractivity contribution in [2.24, 2.45) is 4.99 Å². The largest absolute Gasteiger partial charge is 0.301 e. The van der Waals surface area contributed by atoms with E-state index in [2.05, 4.69) is 29.0 Å². The molecule has 0 saturated heterocycles. The van der Waals surface area contributed by atoms with Gasteiger partial charge in [0.15, 0.2) is 0 Å². The summed E-state index contributed by atoms with van der Waals surface area (Å²) in [4.78, 5) is 9.43. The van der Waals surface area contributed by atoms with Crippen LogP contribution in [-0.2, 0) is 6.42 Å². The molecule has 0 amide bonds. The molecule has 13 heavy (non-hydrogen) atoms. The van der Waals surface area contributed by atoms with Gasteiger partial charge in [-0.1, -0.05) is 0 Å². The third-order valence-corrected chi connectivity index (χ3v) is 2.61. The number of thioether (sulfide) groups is 1. The molecule has 0 unspecified atom stereocenters. The van der Waals surface area contributed by atoms with E-state index in [1.165, 1.54) is 10.6 Å². The van der Waals surface area contributed by atoms with Gasteiger partial charge < -0.3 is 4.99 Å². The Morgan fingerprint density at radius 1 is 1.62 bits per heavy atom. The molecule has 70 valence electrons. The quantitative estimate of drug-likeness (QED) is 0.408. The minimum absolute atomic E-state index is 0.824. The topological polar surface area (TPSA) is 25.2 Å². The fourth-order valence-corrected chi connectivity index (χ4v) is 1.76. The molecule has 1 rings (SSSR count). The maximum absolute atomic E-state index is 4.34. The summed E-state index contributed by atoms with van der Waals surface area (Å²) in [6.45, 7) is 4.28. The highest BCUT2D eigenvalue weighted by Crippen LogP contribution is 2.18. The minimum Gasteiger partial charge on any atom is -0.301 e. The van der Waals surface area contributed by atoms with E-state index in [-0.39, 0.29) is 0 Å². The van der Waals surface area contributed by atoms with Crippen LogP contribution in [0.1, 0.15) is 12.1 Å². The monoisotopic (exact) mass is 194 g/mol. The lowest BCUT2D eigenvalue weighted by Crippen LogP contribution is -1.94. The number of nitrogens with zero attached hydrogens (tertiary/aromatic N) is 2. The van der Waals surface area contributed by atoms with E-state index in [0.29, 0.717) is 0 Å². The van der Waals surface area contributed by atoms with Gasteiger partial charge >= 0.3 is 0 Å². The van der Waals surface area contributed by atoms with Crippen molar-refractivity contribution < 1.29 is 0 Å². The van der Waals surface area contributed by atoms with Crippen LogP contribution in [0.2, 0.25) is 0 Å². The molecule has 0 spiro atoms. The second-order valence-electron chi connectivity index (χ2n) is 2.70. The number of pyridine rings is 1. The first kappa shape index (κ1) is 10.3. The Hall–Kier alpha value is -0.830. The van der Waals surface area contributed by atoms with Crippen molar-refractivity contribution in [2.45, 2.75) is 17.7 Å². The summed E-state index contributed by atoms with van der Waals surface area (Å²) < 4.78 is 0. The molecular formula is C10H14N2S. The van der Waals surface area contributed by atoms with Crippen molar-refractivity contribution in [2.75, 3.05) is 12.8 Å². The molecule has 0 aliphatic carbocycles. The lowest BCUT2D eigenvalue weighted by Gasteiger charge is -2.03. The Labute approximate surface area is 83.5 Å². The highest BCUT2D eigenvalue weighted by Gasteiger charge is 2.00. The number of aryl methyl sites for hydroxylation is 1. The summed E-state index contributed by atoms with van der Waals surface area (Å²) in [7, 11) is 0. The van der Waals surface area contributed by atoms with Crippen molar-refractivity contribution in [1.82, 2.24) is 4.98 Å². The van der Waals surface area contributed by atoms with E-state index in [1.807, 2.05) is 12.3 Å². The van der Waals surface area contributed by atoms with Crippen molar-refractivity contribution in [3.63, 3.8) is 0 Å². The third-order valence-electron chi connectivity index (χ3n) is 1.80. The van der Waals surface area contributed by atoms with Crippen LogP contribution in [0, 0.1) is 0 Å². The molecule has 0 bridgehead atoms. The number of aromatic nitrogens is 1. The van der Waals surface area contributed by atoms with Gasteiger partial charge in [-0.05, 0) is 37.9 Å². The van der Waals surface area contributed by atoms with E-state index >= 15 is 0 Å². The second kappa shape index (κ2) is 5.75. The molecule has 1 aromatic rings. The van der Waals surface area contributed by atoms with E-state index < -0.39 is 0 Å². The SMILES string of the molecule is C=NCCCc1ncccc1SC. The summed E-state index contributed by atoms with van der Waals surface area (Å²) in [6.07, 6.45) is 5.95. The van der Waals surface area contributed by atoms with E-state index in [9.17, 15) is 0 Å². The highest BCUT2D eigenvalue weighted by atomic mass is 32.2. The number of aliphatic imine (C=N–C) groups is 1. The first-order valence-corrected chi connectivity index (χ1v) is 5.51. The number of hydrogen-bond donors (Lipinski definition) is 0. The third kappa shape index (κ3) is 3.19. The van der Waals surface area contributed by atoms with Crippen LogP contribution in [0.25, 0.3) is 0 Å². The Kier molecular flexibility index (Phi) is 4.54. The lowest BCUT2D eigenvalue weighted by molar-refractivity contribution is 0.798. The fraction of sp³-hybridized carbons (Fsp3) is 0.400. The van der Waals surface area contributed by atoms with Crippen LogP contribution in [0.15, 0.2) is 28.2 Å². The Balaban J connectivity index is 2.58. The summed E-state index contributed by atoms with van der Waals surface area (Å²) in [6, 6.07) is 4.08. The smallest absolute Gasteiger partial charge is 0.0539 e. The van der Waals surface area contributed by atoms with Crippen LogP contribution < -0.4 is 0 Å². The van der Waals surface area contributed by atoms with Gasteiger partial charge in [-0.25, -0.2) is 0 Å². The normalized spacial score (nSPS) is 9.92. The second-order valence-corrected chi connectivity index (χ2v) is 3.55. The van der Waals surface area contributed by atoms with E-state index in [0.717, 1.165) is 19.4 Å². The van der Waals surface area contributed by atoms with Gasteiger partial charge in [-0.2, -0.15) is 0 Å². The van der Waals surface area contributed by atoms with E-state index in [1.54, 1.807) is 11.8 Å². The Morgan fingerprint density at radius 3 is 3.15 bits per heavy atom. The summed E-state index contributed by atoms with van der Waals surface area (Å²) >= 11 is 1.74. The highest BCUT2D eigenvalue weighted by molar-refractivity contribution is 7.98. The van der Waals surface area contributed by atoms with Crippen molar-refractivity contribution in [3.05, 3.63) is 24.0 Å². The van der Waals surface area contributed by atoms with Gasteiger partial charge in [-0.15, -0.1) is 11.8 Å². The van der Waals surface area contributed by atoms with E-state index in [4.69, 9.17) is 0 Å². The van der Waals surface area contributed by atoms with Gasteiger partial charge in [0.1, 0.15) is 0 Å². The molecule has 0 N–H and O–H groups in total. The zero-order valence-corrected chi connectivity index (χ0v) is 8.68. The van der Waals surface area contributed by atoms with Gasteiger partial charge in [0, 0.05) is 17.6 Å². The van der Waals surface area contributed by atoms with Crippen LogP contribution in [0.4, 0.5) is 0 Å². The zero-order chi connectivity index (χ0) is 9.52. The molecule has 0 saturated carbocycles. The first-order chi connectivity index (χ1) is 6.38. The van der Waals surface area contributed by atoms with Gasteiger partial charge in [0.05, 0.1) is 5.69 Å². The summed E-state index contributed by atoms with van der Waals surface area (Å²) in [5.41, 5.74) is 1.18. The fourth-order valence-electron chi connectivity index (χ4n) is 1.16. The number of hydrogen-bond acceptors (Lipinski definition) is 3. The molecular weight excluding hydrogens is 180 g/mol. The molecule has 2 nitrogen and oxygen atoms in total. The zero-order valence-electron chi connectivity index (χ0n) is 7.86. The molecule has 0 aromatic carbocycles. The molecule has 0 aliphatic rings. The molecule has 1 heterocycles. The maximum Gasteiger partial charge on any atom is 0.0539 e.